The minimum atomic E-state index is 0.308. The molecule has 1 N–H and O–H groups in total. The van der Waals surface area contributed by atoms with Gasteiger partial charge in [-0.3, -0.25) is 5.32 Å². The van der Waals surface area contributed by atoms with Crippen LogP contribution in [0.15, 0.2) is 48.1 Å². The van der Waals surface area contributed by atoms with Gasteiger partial charge in [-0.2, -0.15) is 0 Å². The second kappa shape index (κ2) is 6.35. The normalized spacial score (nSPS) is 28.0. The highest BCUT2D eigenvalue weighted by Crippen LogP contribution is 2.06. The van der Waals surface area contributed by atoms with Crippen LogP contribution >= 0.6 is 0 Å². The van der Waals surface area contributed by atoms with Gasteiger partial charge in [0.15, 0.2) is 0 Å². The topological polar surface area (TPSA) is 21.3 Å². The van der Waals surface area contributed by atoms with E-state index in [0.717, 1.165) is 0 Å². The quantitative estimate of drug-likeness (QED) is 0.688. The van der Waals surface area contributed by atoms with Crippen molar-refractivity contribution in [2.24, 2.45) is 0 Å². The zero-order valence-corrected chi connectivity index (χ0v) is 8.73. The number of nitrogens with one attached hydrogen (secondary N) is 1. The van der Waals surface area contributed by atoms with E-state index in [4.69, 9.17) is 4.74 Å². The number of hydrogen-bond acceptors (Lipinski definition) is 2. The molecule has 0 aliphatic heterocycles. The molecule has 0 aromatic carbocycles. The van der Waals surface area contributed by atoms with Crippen LogP contribution in [0.1, 0.15) is 6.92 Å². The molecular formula is C12H17NO. The summed E-state index contributed by atoms with van der Waals surface area (Å²) in [6.45, 7) is 2.69. The fraction of sp³-hybridized carbons (Fsp3) is 0.333. The molecule has 0 bridgehead atoms. The van der Waals surface area contributed by atoms with Gasteiger partial charge in [-0.25, -0.2) is 0 Å². The Bertz CT molecular complexity index is 274. The van der Waals surface area contributed by atoms with Crippen LogP contribution in [0.2, 0.25) is 0 Å². The maximum atomic E-state index is 4.96. The summed E-state index contributed by atoms with van der Waals surface area (Å²) in [6.07, 6.45) is 14.3. The fourth-order valence-corrected chi connectivity index (χ4v) is 1.20. The first-order valence-electron chi connectivity index (χ1n) is 4.78. The first kappa shape index (κ1) is 11.0. The Labute approximate surface area is 85.7 Å². The Morgan fingerprint density at radius 2 is 1.93 bits per heavy atom. The Hall–Kier alpha value is -1.12. The average Bonchev–Trinajstić information content (AvgIpc) is 2.13. The molecule has 0 saturated heterocycles. The lowest BCUT2D eigenvalue weighted by atomic mass is 10.1. The van der Waals surface area contributed by atoms with Gasteiger partial charge in [-0.15, -0.1) is 0 Å². The second-order valence-electron chi connectivity index (χ2n) is 3.15. The third-order valence-electron chi connectivity index (χ3n) is 2.06. The van der Waals surface area contributed by atoms with Crippen LogP contribution in [-0.2, 0) is 4.74 Å². The van der Waals surface area contributed by atoms with Crippen LogP contribution in [0.4, 0.5) is 0 Å². The SMILES string of the molecule is COCN[C@H](C)C1=C/C=C\C=C/C=C\1. The largest absolute Gasteiger partial charge is 0.370 e. The maximum Gasteiger partial charge on any atom is 0.0966 e. The van der Waals surface area contributed by atoms with Crippen molar-refractivity contribution in [3.05, 3.63) is 48.1 Å². The van der Waals surface area contributed by atoms with Gasteiger partial charge in [0.2, 0.25) is 0 Å². The van der Waals surface area contributed by atoms with Crippen molar-refractivity contribution in [3.63, 3.8) is 0 Å². The summed E-state index contributed by atoms with van der Waals surface area (Å²) >= 11 is 0. The van der Waals surface area contributed by atoms with E-state index < -0.39 is 0 Å². The van der Waals surface area contributed by atoms with Crippen LogP contribution in [0.25, 0.3) is 0 Å². The number of methoxy groups -OCH3 is 1. The third kappa shape index (κ3) is 3.73. The summed E-state index contributed by atoms with van der Waals surface area (Å²) < 4.78 is 4.96. The van der Waals surface area contributed by atoms with Crippen molar-refractivity contribution in [1.29, 1.82) is 0 Å². The number of ether oxygens (including phenoxy) is 1. The molecule has 0 radical (unpaired) electrons. The zero-order valence-electron chi connectivity index (χ0n) is 8.73. The molecule has 2 nitrogen and oxygen atoms in total. The van der Waals surface area contributed by atoms with Gasteiger partial charge in [0.05, 0.1) is 6.73 Å². The van der Waals surface area contributed by atoms with E-state index in [1.165, 1.54) is 5.57 Å². The van der Waals surface area contributed by atoms with Crippen LogP contribution in [-0.4, -0.2) is 19.9 Å². The smallest absolute Gasteiger partial charge is 0.0966 e. The highest BCUT2D eigenvalue weighted by Gasteiger charge is 2.03. The van der Waals surface area contributed by atoms with Crippen LogP contribution in [0.3, 0.4) is 0 Å². The van der Waals surface area contributed by atoms with E-state index in [2.05, 4.69) is 24.4 Å². The van der Waals surface area contributed by atoms with E-state index in [1.54, 1.807) is 7.11 Å². The molecule has 2 heteroatoms. The monoisotopic (exact) mass is 191 g/mol. The minimum absolute atomic E-state index is 0.308. The van der Waals surface area contributed by atoms with Crippen molar-refractivity contribution in [3.8, 4) is 0 Å². The third-order valence-corrected chi connectivity index (χ3v) is 2.06. The van der Waals surface area contributed by atoms with Crippen molar-refractivity contribution < 1.29 is 4.74 Å². The summed E-state index contributed by atoms with van der Waals surface area (Å²) in [6, 6.07) is 0.308. The Balaban J connectivity index is 2.56. The predicted molar refractivity (Wildman–Crippen MR) is 60.0 cm³/mol. The Morgan fingerprint density at radius 1 is 1.21 bits per heavy atom. The number of hydrogen-bond donors (Lipinski definition) is 1. The number of rotatable bonds is 4. The standard InChI is InChI=1S/C12H17NO/c1-11(13-10-14-2)12-8-6-4-3-5-7-9-12/h3-9,11,13H,10H2,1-2H3/b4-3-,5-3?,6-4?,7-5-,8-6-,9-7?,12-8?,12-9+/t11-/m1/s1. The molecule has 0 amide bonds. The molecule has 0 spiro atoms. The first-order chi connectivity index (χ1) is 6.84. The molecule has 76 valence electrons. The van der Waals surface area contributed by atoms with Crippen molar-refractivity contribution in [1.82, 2.24) is 5.32 Å². The molecule has 0 fully saturated rings. The molecule has 0 saturated carbocycles. The highest BCUT2D eigenvalue weighted by molar-refractivity contribution is 5.33. The van der Waals surface area contributed by atoms with Crippen molar-refractivity contribution in [2.45, 2.75) is 13.0 Å². The van der Waals surface area contributed by atoms with E-state index in [1.807, 2.05) is 30.4 Å². The Morgan fingerprint density at radius 3 is 2.71 bits per heavy atom. The Kier molecular flexibility index (Phi) is 4.97. The van der Waals surface area contributed by atoms with Gasteiger partial charge in [0.25, 0.3) is 0 Å². The summed E-state index contributed by atoms with van der Waals surface area (Å²) in [5.74, 6) is 0. The van der Waals surface area contributed by atoms with Gasteiger partial charge in [0, 0.05) is 13.2 Å². The molecule has 14 heavy (non-hydrogen) atoms. The van der Waals surface area contributed by atoms with Crippen molar-refractivity contribution >= 4 is 0 Å². The molecule has 1 atom stereocenters. The summed E-state index contributed by atoms with van der Waals surface area (Å²) in [5.41, 5.74) is 1.25. The van der Waals surface area contributed by atoms with Crippen LogP contribution < -0.4 is 5.32 Å². The van der Waals surface area contributed by atoms with Crippen LogP contribution in [0, 0.1) is 0 Å². The minimum Gasteiger partial charge on any atom is -0.370 e. The summed E-state index contributed by atoms with van der Waals surface area (Å²) in [7, 11) is 1.69. The van der Waals surface area contributed by atoms with E-state index in [0.29, 0.717) is 12.8 Å². The molecule has 1 aliphatic rings. The fourth-order valence-electron chi connectivity index (χ4n) is 1.20. The van der Waals surface area contributed by atoms with Gasteiger partial charge in [-0.05, 0) is 12.5 Å². The first-order valence-corrected chi connectivity index (χ1v) is 4.78. The predicted octanol–water partition coefficient (Wildman–Crippen LogP) is 2.18. The number of allylic oxidation sites excluding steroid dienone is 6. The van der Waals surface area contributed by atoms with Gasteiger partial charge < -0.3 is 4.74 Å². The van der Waals surface area contributed by atoms with Gasteiger partial charge in [0.1, 0.15) is 0 Å². The van der Waals surface area contributed by atoms with Crippen LogP contribution in [0.5, 0.6) is 0 Å². The zero-order chi connectivity index (χ0) is 10.2. The lowest BCUT2D eigenvalue weighted by Crippen LogP contribution is -2.29. The maximum absolute atomic E-state index is 4.96. The molecule has 0 unspecified atom stereocenters. The van der Waals surface area contributed by atoms with E-state index >= 15 is 0 Å². The van der Waals surface area contributed by atoms with Gasteiger partial charge >= 0.3 is 0 Å². The van der Waals surface area contributed by atoms with E-state index in [-0.39, 0.29) is 0 Å². The highest BCUT2D eigenvalue weighted by atomic mass is 16.5. The molecule has 0 heterocycles. The van der Waals surface area contributed by atoms with Gasteiger partial charge in [-0.1, -0.05) is 42.5 Å². The lowest BCUT2D eigenvalue weighted by Gasteiger charge is -2.14. The molecular weight excluding hydrogens is 174 g/mol. The molecule has 0 aromatic rings. The average molecular weight is 191 g/mol. The molecule has 1 aliphatic carbocycles. The second-order valence-corrected chi connectivity index (χ2v) is 3.15. The summed E-state index contributed by atoms with van der Waals surface area (Å²) in [4.78, 5) is 0. The molecule has 0 aromatic heterocycles. The van der Waals surface area contributed by atoms with E-state index in [9.17, 15) is 0 Å². The summed E-state index contributed by atoms with van der Waals surface area (Å²) in [5, 5.41) is 3.25. The molecule has 1 rings (SSSR count). The van der Waals surface area contributed by atoms with Crippen molar-refractivity contribution in [2.75, 3.05) is 13.8 Å². The lowest BCUT2D eigenvalue weighted by molar-refractivity contribution is 0.170.